The molecule has 2 radical (unpaired) electrons. The van der Waals surface area contributed by atoms with Gasteiger partial charge in [0.25, 0.3) is 0 Å². The summed E-state index contributed by atoms with van der Waals surface area (Å²) in [6.45, 7) is 12.0. The van der Waals surface area contributed by atoms with E-state index in [0.717, 1.165) is 0 Å². The second-order valence-electron chi connectivity index (χ2n) is 9.30. The first-order chi connectivity index (χ1) is 18.5. The minimum atomic E-state index is 0. The molecule has 6 aromatic rings. The van der Waals surface area contributed by atoms with Crippen LogP contribution in [0, 0.1) is 12.1 Å². The summed E-state index contributed by atoms with van der Waals surface area (Å²) >= 11 is 1.36. The normalized spacial score (nSPS) is 9.22. The van der Waals surface area contributed by atoms with E-state index in [4.69, 9.17) is 0 Å². The van der Waals surface area contributed by atoms with Crippen LogP contribution in [0.15, 0.2) is 133 Å². The van der Waals surface area contributed by atoms with Crippen molar-refractivity contribution < 1.29 is 23.3 Å². The van der Waals surface area contributed by atoms with E-state index >= 15 is 0 Å². The van der Waals surface area contributed by atoms with Gasteiger partial charge in [-0.05, 0) is 11.8 Å². The quantitative estimate of drug-likeness (QED) is 0.128. The van der Waals surface area contributed by atoms with Crippen LogP contribution in [0.3, 0.4) is 0 Å². The maximum absolute atomic E-state index is 3.06. The van der Waals surface area contributed by atoms with E-state index in [2.05, 4.69) is 120 Å². The Bertz CT molecular complexity index is 1180. The predicted molar refractivity (Wildman–Crippen MR) is 178 cm³/mol. The molecule has 0 aromatic heterocycles. The second kappa shape index (κ2) is 22.5. The van der Waals surface area contributed by atoms with Crippen molar-refractivity contribution in [1.82, 2.24) is 0 Å². The molecule has 40 heavy (non-hydrogen) atoms. The molecule has 0 amide bonds. The molecular weight excluding hydrogens is 623 g/mol. The third-order valence-corrected chi connectivity index (χ3v) is 5.83. The third kappa shape index (κ3) is 13.9. The van der Waals surface area contributed by atoms with Crippen LogP contribution in [0.25, 0.3) is 21.5 Å². The first-order valence-electron chi connectivity index (χ1n) is 12.9. The number of hydrogen-bond donors (Lipinski definition) is 0. The Morgan fingerprint density at radius 1 is 0.525 bits per heavy atom. The molecule has 0 aliphatic rings. The first-order valence-corrected chi connectivity index (χ1v) is 17.1. The van der Waals surface area contributed by atoms with E-state index in [1.165, 1.54) is 56.0 Å². The van der Waals surface area contributed by atoms with E-state index < -0.39 is 0 Å². The summed E-state index contributed by atoms with van der Waals surface area (Å²) in [5.41, 5.74) is 2.88. The maximum atomic E-state index is 3.06. The van der Waals surface area contributed by atoms with Crippen molar-refractivity contribution in [3.05, 3.63) is 157 Å². The molecule has 208 valence electrons. The standard InChI is InChI=1S/2C12H13.2C6H5.2ClH.Si.Zr/c2*1-9(2)12-7-10-5-3-4-6-11(10)8-12;2*1-2-4-6-5-3-1;;;;/h2*3-9H,1-2H3;2*1-5H;2*1H;;/q4*-1;;;;. The fraction of sp³-hybridized carbons (Fsp3) is 0.167. The smallest absolute Gasteiger partial charge is 0.171 e. The zero-order chi connectivity index (χ0) is 27.6. The molecule has 0 nitrogen and oxygen atoms in total. The predicted octanol–water partition coefficient (Wildman–Crippen LogP) is 10.8. The van der Waals surface area contributed by atoms with Crippen molar-refractivity contribution in [2.45, 2.75) is 39.5 Å². The Labute approximate surface area is 271 Å². The summed E-state index contributed by atoms with van der Waals surface area (Å²) in [6, 6.07) is 51.1. The second-order valence-corrected chi connectivity index (χ2v) is 9.30. The van der Waals surface area contributed by atoms with Gasteiger partial charge >= 0.3 is 30.2 Å². The molecular formula is C36H38Cl2SiZr-4. The van der Waals surface area contributed by atoms with Crippen LogP contribution in [-0.2, 0) is 23.3 Å². The molecule has 0 atom stereocenters. The minimum Gasteiger partial charge on any atom is -0.184 e. The third-order valence-electron chi connectivity index (χ3n) is 5.83. The first kappa shape index (κ1) is 37.8. The number of benzene rings is 4. The summed E-state index contributed by atoms with van der Waals surface area (Å²) < 4.78 is 0. The average Bonchev–Trinajstić information content (AvgIpc) is 3.62. The fourth-order valence-corrected chi connectivity index (χ4v) is 3.70. The minimum absolute atomic E-state index is 0. The van der Waals surface area contributed by atoms with Gasteiger partial charge in [-0.25, -0.2) is 0 Å². The van der Waals surface area contributed by atoms with Crippen LogP contribution in [0.1, 0.15) is 50.7 Å². The maximum Gasteiger partial charge on any atom is -0.171 e. The Morgan fingerprint density at radius 2 is 0.850 bits per heavy atom. The van der Waals surface area contributed by atoms with Crippen LogP contribution < -0.4 is 0 Å². The SMILES string of the molecule is CC(C)c1cc2ccccc2[cH-]1.CC(C)c1cc2ccccc2[cH-]1.Cl.Cl.[Si]=[Zr].[c-]1ccccc1.[c-]1ccccc1. The summed E-state index contributed by atoms with van der Waals surface area (Å²) in [5, 5.41) is 5.45. The van der Waals surface area contributed by atoms with Gasteiger partial charge in [0.2, 0.25) is 0 Å². The molecule has 0 spiro atoms. The van der Waals surface area contributed by atoms with Gasteiger partial charge in [0, 0.05) is 0 Å². The average molecular weight is 661 g/mol. The largest absolute Gasteiger partial charge is 0.184 e. The molecule has 0 saturated carbocycles. The van der Waals surface area contributed by atoms with E-state index in [0.29, 0.717) is 11.8 Å². The molecule has 0 saturated heterocycles. The van der Waals surface area contributed by atoms with Crippen molar-refractivity contribution in [3.63, 3.8) is 0 Å². The summed E-state index contributed by atoms with van der Waals surface area (Å²) in [4.78, 5) is 0. The number of fused-ring (bicyclic) bond motifs is 2. The Hall–Kier alpha value is -2.22. The van der Waals surface area contributed by atoms with Crippen LogP contribution in [0.2, 0.25) is 0 Å². The summed E-state index contributed by atoms with van der Waals surface area (Å²) in [7, 11) is 0. The van der Waals surface area contributed by atoms with Crippen molar-refractivity contribution in [3.8, 4) is 0 Å². The van der Waals surface area contributed by atoms with Gasteiger partial charge in [0.15, 0.2) is 0 Å². The van der Waals surface area contributed by atoms with Crippen molar-refractivity contribution in [2.24, 2.45) is 0 Å². The van der Waals surface area contributed by atoms with Crippen LogP contribution in [0.4, 0.5) is 0 Å². The molecule has 0 aliphatic carbocycles. The molecule has 0 heterocycles. The molecule has 0 bridgehead atoms. The monoisotopic (exact) mass is 658 g/mol. The van der Waals surface area contributed by atoms with Crippen molar-refractivity contribution >= 4 is 53.2 Å². The van der Waals surface area contributed by atoms with E-state index in [9.17, 15) is 0 Å². The molecule has 4 heteroatoms. The fourth-order valence-electron chi connectivity index (χ4n) is 3.70. The number of halogens is 2. The van der Waals surface area contributed by atoms with Gasteiger partial charge < -0.3 is 0 Å². The zero-order valence-corrected chi connectivity index (χ0v) is 28.8. The molecule has 0 fully saturated rings. The summed E-state index contributed by atoms with van der Waals surface area (Å²) in [5.74, 6) is 1.27. The van der Waals surface area contributed by atoms with E-state index in [1.54, 1.807) is 0 Å². The Balaban J connectivity index is 0.000000510. The molecule has 0 aliphatic heterocycles. The topological polar surface area (TPSA) is 0 Å². The van der Waals surface area contributed by atoms with Gasteiger partial charge in [-0.1, -0.05) is 39.8 Å². The van der Waals surface area contributed by atoms with E-state index in [1.807, 2.05) is 60.7 Å². The van der Waals surface area contributed by atoms with Gasteiger partial charge in [-0.3, -0.25) is 0 Å². The molecule has 6 aromatic carbocycles. The molecule has 0 unspecified atom stereocenters. The van der Waals surface area contributed by atoms with Gasteiger partial charge in [0.05, 0.1) is 0 Å². The Morgan fingerprint density at radius 3 is 1.07 bits per heavy atom. The van der Waals surface area contributed by atoms with Crippen LogP contribution in [-0.4, -0.2) is 6.88 Å². The van der Waals surface area contributed by atoms with Gasteiger partial charge in [0.1, 0.15) is 0 Å². The van der Waals surface area contributed by atoms with Crippen molar-refractivity contribution in [1.29, 1.82) is 0 Å². The Kier molecular flexibility index (Phi) is 21.2. The van der Waals surface area contributed by atoms with Crippen molar-refractivity contribution in [2.75, 3.05) is 0 Å². The number of hydrogen-bond acceptors (Lipinski definition) is 0. The molecule has 0 N–H and O–H groups in total. The molecule has 6 rings (SSSR count). The van der Waals surface area contributed by atoms with Crippen LogP contribution >= 0.6 is 24.8 Å². The summed E-state index contributed by atoms with van der Waals surface area (Å²) in [6.07, 6.45) is 0. The van der Waals surface area contributed by atoms with E-state index in [-0.39, 0.29) is 24.8 Å². The zero-order valence-electron chi connectivity index (χ0n) is 23.7. The van der Waals surface area contributed by atoms with Gasteiger partial charge in [-0.15, -0.1) is 106 Å². The van der Waals surface area contributed by atoms with Gasteiger partial charge in [-0.2, -0.15) is 84.9 Å². The number of rotatable bonds is 2. The van der Waals surface area contributed by atoms with Crippen LogP contribution in [0.5, 0.6) is 0 Å².